The molecule has 132 valence electrons. The third-order valence-corrected chi connectivity index (χ3v) is 4.98. The first-order valence-corrected chi connectivity index (χ1v) is 7.65. The Morgan fingerprint density at radius 3 is 2.24 bits per heavy atom. The fourth-order valence-corrected chi connectivity index (χ4v) is 3.53. The molecule has 7 heteroatoms. The van der Waals surface area contributed by atoms with E-state index in [2.05, 4.69) is 0 Å². The fraction of sp³-hybridized carbons (Fsp3) is 0.333. The van der Waals surface area contributed by atoms with E-state index in [0.717, 1.165) is 0 Å². The van der Waals surface area contributed by atoms with Crippen molar-refractivity contribution in [1.29, 1.82) is 0 Å². The summed E-state index contributed by atoms with van der Waals surface area (Å²) in [6.07, 6.45) is -0.319. The molecule has 1 unspecified atom stereocenters. The summed E-state index contributed by atoms with van der Waals surface area (Å²) in [6, 6.07) is 0. The molecule has 0 bridgehead atoms. The van der Waals surface area contributed by atoms with E-state index in [1.165, 1.54) is 33.8 Å². The number of aromatic hydroxyl groups is 2. The Morgan fingerprint density at radius 1 is 1.12 bits per heavy atom. The summed E-state index contributed by atoms with van der Waals surface area (Å²) in [4.78, 5) is 23.8. The van der Waals surface area contributed by atoms with Gasteiger partial charge in [-0.05, 0) is 27.7 Å². The zero-order valence-electron chi connectivity index (χ0n) is 14.2. The van der Waals surface area contributed by atoms with E-state index in [4.69, 9.17) is 4.74 Å². The molecule has 1 heterocycles. The normalized spacial score (nSPS) is 24.4. The highest BCUT2D eigenvalue weighted by Crippen LogP contribution is 2.58. The number of allylic oxidation sites excluding steroid dienone is 1. The van der Waals surface area contributed by atoms with Crippen LogP contribution in [-0.4, -0.2) is 38.1 Å². The van der Waals surface area contributed by atoms with Gasteiger partial charge in [-0.15, -0.1) is 0 Å². The van der Waals surface area contributed by atoms with Crippen molar-refractivity contribution >= 4 is 11.6 Å². The summed E-state index contributed by atoms with van der Waals surface area (Å²) in [7, 11) is 0. The van der Waals surface area contributed by atoms with Gasteiger partial charge in [0, 0.05) is 11.6 Å². The highest BCUT2D eigenvalue weighted by atomic mass is 16.5. The van der Waals surface area contributed by atoms with Gasteiger partial charge in [-0.2, -0.15) is 0 Å². The Morgan fingerprint density at radius 2 is 1.72 bits per heavy atom. The third-order valence-electron chi connectivity index (χ3n) is 4.98. The zero-order valence-corrected chi connectivity index (χ0v) is 14.2. The van der Waals surface area contributed by atoms with Crippen molar-refractivity contribution in [3.63, 3.8) is 0 Å². The van der Waals surface area contributed by atoms with Crippen LogP contribution in [-0.2, 0) is 10.2 Å². The zero-order chi connectivity index (χ0) is 18.8. The standard InChI is InChI=1S/C18H18O7/c1-6-14(22)12(8(3)20)16-13(15(6)23)18(4)10(25-16)5-9(21)11(7(2)19)17(18)24/h5,17,21-24H,1-4H3/t17?,18-/m0/s1. The number of hydrogen-bond acceptors (Lipinski definition) is 7. The molecule has 3 rings (SSSR count). The lowest BCUT2D eigenvalue weighted by molar-refractivity contribution is -0.115. The minimum atomic E-state index is -1.50. The van der Waals surface area contributed by atoms with Crippen LogP contribution >= 0.6 is 0 Å². The van der Waals surface area contributed by atoms with Crippen molar-refractivity contribution in [2.45, 2.75) is 39.2 Å². The van der Waals surface area contributed by atoms with Crippen molar-refractivity contribution in [3.05, 3.63) is 39.9 Å². The Balaban J connectivity index is 2.40. The third kappa shape index (κ3) is 1.96. The van der Waals surface area contributed by atoms with Gasteiger partial charge in [0.05, 0.1) is 16.6 Å². The van der Waals surface area contributed by atoms with Gasteiger partial charge in [-0.25, -0.2) is 0 Å². The van der Waals surface area contributed by atoms with Crippen LogP contribution in [0.4, 0.5) is 0 Å². The monoisotopic (exact) mass is 346 g/mol. The topological polar surface area (TPSA) is 124 Å². The molecule has 1 aliphatic heterocycles. The second-order valence-electron chi connectivity index (χ2n) is 6.53. The molecule has 0 amide bonds. The van der Waals surface area contributed by atoms with Crippen LogP contribution < -0.4 is 4.74 Å². The fourth-order valence-electron chi connectivity index (χ4n) is 3.53. The summed E-state index contributed by atoms with van der Waals surface area (Å²) in [5.41, 5.74) is -1.58. The van der Waals surface area contributed by atoms with E-state index < -0.39 is 34.6 Å². The van der Waals surface area contributed by atoms with Gasteiger partial charge in [0.25, 0.3) is 0 Å². The molecule has 1 aromatic carbocycles. The Kier molecular flexibility index (Phi) is 3.47. The van der Waals surface area contributed by atoms with Crippen molar-refractivity contribution < 1.29 is 34.8 Å². The number of ketones is 2. The summed E-state index contributed by atoms with van der Waals surface area (Å²) < 4.78 is 5.65. The van der Waals surface area contributed by atoms with Crippen LogP contribution in [0.1, 0.15) is 42.3 Å². The SMILES string of the molecule is CC(=O)C1=C(O)C=C2Oc3c(C(C)=O)c(O)c(C)c(O)c3[C@@]2(C)C1O. The lowest BCUT2D eigenvalue weighted by Crippen LogP contribution is -2.42. The molecule has 0 radical (unpaired) electrons. The minimum absolute atomic E-state index is 0.0605. The number of aliphatic hydroxyl groups excluding tert-OH is 2. The minimum Gasteiger partial charge on any atom is -0.507 e. The number of aliphatic hydroxyl groups is 2. The molecule has 0 spiro atoms. The maximum absolute atomic E-state index is 12.0. The van der Waals surface area contributed by atoms with Crippen molar-refractivity contribution in [2.24, 2.45) is 0 Å². The highest BCUT2D eigenvalue weighted by molar-refractivity contribution is 6.02. The van der Waals surface area contributed by atoms with Crippen LogP contribution in [0, 0.1) is 6.92 Å². The quantitative estimate of drug-likeness (QED) is 0.603. The molecule has 0 aromatic heterocycles. The summed E-state index contributed by atoms with van der Waals surface area (Å²) >= 11 is 0. The van der Waals surface area contributed by atoms with E-state index in [-0.39, 0.29) is 39.5 Å². The largest absolute Gasteiger partial charge is 0.507 e. The molecule has 7 nitrogen and oxygen atoms in total. The van der Waals surface area contributed by atoms with Crippen molar-refractivity contribution in [3.8, 4) is 17.2 Å². The van der Waals surface area contributed by atoms with E-state index in [1.54, 1.807) is 0 Å². The van der Waals surface area contributed by atoms with Crippen molar-refractivity contribution in [1.82, 2.24) is 0 Å². The number of phenolic OH excluding ortho intramolecular Hbond substituents is 2. The predicted octanol–water partition coefficient (Wildman–Crippen LogP) is 1.92. The molecule has 2 aliphatic rings. The average Bonchev–Trinajstić information content (AvgIpc) is 2.78. The van der Waals surface area contributed by atoms with Crippen LogP contribution in [0.25, 0.3) is 0 Å². The molecule has 1 aromatic rings. The number of fused-ring (bicyclic) bond motifs is 3. The first-order chi connectivity index (χ1) is 11.5. The van der Waals surface area contributed by atoms with Gasteiger partial charge in [-0.3, -0.25) is 9.59 Å². The summed E-state index contributed by atoms with van der Waals surface area (Å²) in [6.45, 7) is 5.40. The Labute approximate surface area is 143 Å². The van der Waals surface area contributed by atoms with E-state index >= 15 is 0 Å². The average molecular weight is 346 g/mol. The molecular formula is C18H18O7. The smallest absolute Gasteiger partial charge is 0.167 e. The lowest BCUT2D eigenvalue weighted by atomic mass is 9.69. The van der Waals surface area contributed by atoms with E-state index in [9.17, 15) is 30.0 Å². The van der Waals surface area contributed by atoms with Crippen LogP contribution in [0.5, 0.6) is 17.2 Å². The molecule has 0 fully saturated rings. The molecular weight excluding hydrogens is 328 g/mol. The van der Waals surface area contributed by atoms with Gasteiger partial charge in [-0.1, -0.05) is 0 Å². The van der Waals surface area contributed by atoms with E-state index in [1.807, 2.05) is 0 Å². The number of hydrogen-bond donors (Lipinski definition) is 4. The first-order valence-electron chi connectivity index (χ1n) is 7.65. The summed E-state index contributed by atoms with van der Waals surface area (Å²) in [5, 5.41) is 41.6. The van der Waals surface area contributed by atoms with Gasteiger partial charge in [0.1, 0.15) is 40.4 Å². The number of phenols is 2. The Bertz CT molecular complexity index is 907. The van der Waals surface area contributed by atoms with Crippen LogP contribution in [0.2, 0.25) is 0 Å². The molecule has 0 saturated heterocycles. The van der Waals surface area contributed by atoms with Gasteiger partial charge >= 0.3 is 0 Å². The number of carbonyl (C=O) groups excluding carboxylic acids is 2. The Hall–Kier alpha value is -2.80. The predicted molar refractivity (Wildman–Crippen MR) is 86.9 cm³/mol. The molecule has 4 N–H and O–H groups in total. The number of rotatable bonds is 2. The van der Waals surface area contributed by atoms with Crippen molar-refractivity contribution in [2.75, 3.05) is 0 Å². The first kappa shape index (κ1) is 17.0. The van der Waals surface area contributed by atoms with E-state index in [0.29, 0.717) is 0 Å². The summed E-state index contributed by atoms with van der Waals surface area (Å²) in [5.74, 6) is -2.23. The highest BCUT2D eigenvalue weighted by Gasteiger charge is 2.55. The lowest BCUT2D eigenvalue weighted by Gasteiger charge is -2.34. The maximum atomic E-state index is 12.0. The molecule has 0 saturated carbocycles. The molecule has 25 heavy (non-hydrogen) atoms. The molecule has 1 aliphatic carbocycles. The van der Waals surface area contributed by atoms with Crippen LogP contribution in [0.15, 0.2) is 23.2 Å². The van der Waals surface area contributed by atoms with Gasteiger partial charge in [0.15, 0.2) is 11.6 Å². The second-order valence-corrected chi connectivity index (χ2v) is 6.53. The number of carbonyl (C=O) groups is 2. The number of Topliss-reactive ketones (excluding diaryl/α,β-unsaturated/α-hetero) is 2. The molecule has 2 atom stereocenters. The van der Waals surface area contributed by atoms with Crippen LogP contribution in [0.3, 0.4) is 0 Å². The van der Waals surface area contributed by atoms with Gasteiger partial charge < -0.3 is 25.2 Å². The number of ether oxygens (including phenoxy) is 1. The number of benzene rings is 1. The second kappa shape index (κ2) is 5.10. The van der Waals surface area contributed by atoms with Gasteiger partial charge in [0.2, 0.25) is 0 Å². The maximum Gasteiger partial charge on any atom is 0.167 e.